The first-order valence-electron chi connectivity index (χ1n) is 6.37. The number of carbonyl (C=O) groups excluding carboxylic acids is 2. The predicted octanol–water partition coefficient (Wildman–Crippen LogP) is -0.181. The molecular weight excluding hydrogens is 218 g/mol. The molecule has 2 saturated heterocycles. The van der Waals surface area contributed by atoms with Crippen molar-refractivity contribution in [3.63, 3.8) is 0 Å². The molecule has 2 heterocycles. The lowest BCUT2D eigenvalue weighted by Crippen LogP contribution is -2.69. The van der Waals surface area contributed by atoms with Crippen molar-refractivity contribution in [3.8, 4) is 0 Å². The largest absolute Gasteiger partial charge is 0.345 e. The molecule has 2 fully saturated rings. The highest BCUT2D eigenvalue weighted by Crippen LogP contribution is 2.31. The molecule has 2 aliphatic rings. The number of nitrogens with zero attached hydrogens (tertiary/aromatic N) is 2. The van der Waals surface area contributed by atoms with Crippen molar-refractivity contribution in [3.05, 3.63) is 0 Å². The normalized spacial score (nSPS) is 25.2. The maximum Gasteiger partial charge on any atom is 0.246 e. The number of piperidine rings is 1. The lowest BCUT2D eigenvalue weighted by Gasteiger charge is -2.49. The zero-order valence-electron chi connectivity index (χ0n) is 10.7. The SMILES string of the molecule is CCCN1C(=O)CNC(=O)C12CCN(C)CC2. The van der Waals surface area contributed by atoms with Gasteiger partial charge in [-0.2, -0.15) is 0 Å². The number of rotatable bonds is 2. The smallest absolute Gasteiger partial charge is 0.246 e. The van der Waals surface area contributed by atoms with Gasteiger partial charge in [0, 0.05) is 19.6 Å². The van der Waals surface area contributed by atoms with E-state index in [-0.39, 0.29) is 18.4 Å². The molecule has 5 heteroatoms. The summed E-state index contributed by atoms with van der Waals surface area (Å²) in [6.07, 6.45) is 2.40. The molecule has 0 atom stereocenters. The van der Waals surface area contributed by atoms with Crippen LogP contribution in [-0.2, 0) is 9.59 Å². The Balaban J connectivity index is 2.24. The second-order valence-electron chi connectivity index (χ2n) is 5.06. The lowest BCUT2D eigenvalue weighted by molar-refractivity contribution is -0.157. The van der Waals surface area contributed by atoms with Crippen LogP contribution in [0.4, 0.5) is 0 Å². The van der Waals surface area contributed by atoms with Crippen molar-refractivity contribution in [1.82, 2.24) is 15.1 Å². The summed E-state index contributed by atoms with van der Waals surface area (Å²) >= 11 is 0. The summed E-state index contributed by atoms with van der Waals surface area (Å²) in [5.41, 5.74) is -0.572. The quantitative estimate of drug-likeness (QED) is 0.727. The highest BCUT2D eigenvalue weighted by atomic mass is 16.2. The Kier molecular flexibility index (Phi) is 3.38. The van der Waals surface area contributed by atoms with Crippen LogP contribution in [0.1, 0.15) is 26.2 Å². The van der Waals surface area contributed by atoms with Crippen LogP contribution in [0.2, 0.25) is 0 Å². The van der Waals surface area contributed by atoms with Gasteiger partial charge in [-0.3, -0.25) is 9.59 Å². The number of likely N-dealkylation sites (tertiary alicyclic amines) is 1. The van der Waals surface area contributed by atoms with Crippen molar-refractivity contribution in [2.75, 3.05) is 33.2 Å². The first-order valence-corrected chi connectivity index (χ1v) is 6.37. The Hall–Kier alpha value is -1.10. The van der Waals surface area contributed by atoms with Gasteiger partial charge >= 0.3 is 0 Å². The summed E-state index contributed by atoms with van der Waals surface area (Å²) in [5, 5.41) is 2.75. The number of hydrogen-bond acceptors (Lipinski definition) is 3. The Morgan fingerprint density at radius 3 is 2.53 bits per heavy atom. The fraction of sp³-hybridized carbons (Fsp3) is 0.833. The van der Waals surface area contributed by atoms with Gasteiger partial charge in [0.05, 0.1) is 6.54 Å². The van der Waals surface area contributed by atoms with Crippen LogP contribution in [0.15, 0.2) is 0 Å². The fourth-order valence-electron chi connectivity index (χ4n) is 2.82. The van der Waals surface area contributed by atoms with Crippen LogP contribution in [0.25, 0.3) is 0 Å². The third-order valence-electron chi connectivity index (χ3n) is 3.90. The Morgan fingerprint density at radius 2 is 1.94 bits per heavy atom. The molecule has 0 unspecified atom stereocenters. The second kappa shape index (κ2) is 4.64. The van der Waals surface area contributed by atoms with Gasteiger partial charge in [0.25, 0.3) is 0 Å². The number of piperazine rings is 1. The number of amides is 2. The molecule has 2 amide bonds. The predicted molar refractivity (Wildman–Crippen MR) is 64.5 cm³/mol. The van der Waals surface area contributed by atoms with Crippen molar-refractivity contribution >= 4 is 11.8 Å². The molecule has 0 radical (unpaired) electrons. The molecule has 0 aromatic carbocycles. The summed E-state index contributed by atoms with van der Waals surface area (Å²) in [6, 6.07) is 0. The lowest BCUT2D eigenvalue weighted by atomic mass is 9.83. The topological polar surface area (TPSA) is 52.7 Å². The third kappa shape index (κ3) is 2.04. The zero-order chi connectivity index (χ0) is 12.5. The summed E-state index contributed by atoms with van der Waals surface area (Å²) in [7, 11) is 2.06. The fourth-order valence-corrected chi connectivity index (χ4v) is 2.82. The van der Waals surface area contributed by atoms with E-state index in [2.05, 4.69) is 17.3 Å². The molecule has 1 spiro atoms. The maximum absolute atomic E-state index is 12.2. The molecule has 5 nitrogen and oxygen atoms in total. The van der Waals surface area contributed by atoms with Gasteiger partial charge in [-0.15, -0.1) is 0 Å². The van der Waals surface area contributed by atoms with E-state index in [1.807, 2.05) is 11.8 Å². The monoisotopic (exact) mass is 239 g/mol. The van der Waals surface area contributed by atoms with Crippen molar-refractivity contribution < 1.29 is 9.59 Å². The average Bonchev–Trinajstić information content (AvgIpc) is 2.33. The van der Waals surface area contributed by atoms with Gasteiger partial charge in [0.15, 0.2) is 0 Å². The van der Waals surface area contributed by atoms with Crippen molar-refractivity contribution in [2.24, 2.45) is 0 Å². The molecule has 0 bridgehead atoms. The van der Waals surface area contributed by atoms with E-state index in [9.17, 15) is 9.59 Å². The van der Waals surface area contributed by atoms with Gasteiger partial charge in [-0.1, -0.05) is 6.92 Å². The summed E-state index contributed by atoms with van der Waals surface area (Å²) in [4.78, 5) is 28.2. The van der Waals surface area contributed by atoms with Crippen LogP contribution in [0.3, 0.4) is 0 Å². The first-order chi connectivity index (χ1) is 8.10. The number of nitrogens with one attached hydrogen (secondary N) is 1. The van der Waals surface area contributed by atoms with E-state index in [0.29, 0.717) is 6.54 Å². The van der Waals surface area contributed by atoms with E-state index < -0.39 is 5.54 Å². The molecule has 0 aliphatic carbocycles. The van der Waals surface area contributed by atoms with Gasteiger partial charge in [-0.25, -0.2) is 0 Å². The minimum atomic E-state index is -0.572. The first kappa shape index (κ1) is 12.4. The molecular formula is C12H21N3O2. The van der Waals surface area contributed by atoms with E-state index in [1.54, 1.807) is 0 Å². The summed E-state index contributed by atoms with van der Waals surface area (Å²) in [6.45, 7) is 4.65. The third-order valence-corrected chi connectivity index (χ3v) is 3.90. The van der Waals surface area contributed by atoms with Gasteiger partial charge < -0.3 is 15.1 Å². The number of hydrogen-bond donors (Lipinski definition) is 1. The molecule has 2 rings (SSSR count). The van der Waals surface area contributed by atoms with Gasteiger partial charge in [0.2, 0.25) is 11.8 Å². The van der Waals surface area contributed by atoms with Gasteiger partial charge in [-0.05, 0) is 26.3 Å². The minimum Gasteiger partial charge on any atom is -0.345 e. The second-order valence-corrected chi connectivity index (χ2v) is 5.06. The van der Waals surface area contributed by atoms with Crippen LogP contribution in [0.5, 0.6) is 0 Å². The molecule has 0 aromatic heterocycles. The van der Waals surface area contributed by atoms with Crippen LogP contribution >= 0.6 is 0 Å². The van der Waals surface area contributed by atoms with Crippen molar-refractivity contribution in [2.45, 2.75) is 31.7 Å². The standard InChI is InChI=1S/C12H21N3O2/c1-3-6-15-10(16)9-13-11(17)12(15)4-7-14(2)8-5-12/h3-9H2,1-2H3,(H,13,17). The highest BCUT2D eigenvalue weighted by Gasteiger charge is 2.49. The molecule has 17 heavy (non-hydrogen) atoms. The zero-order valence-corrected chi connectivity index (χ0v) is 10.7. The van der Waals surface area contributed by atoms with Gasteiger partial charge in [0.1, 0.15) is 5.54 Å². The van der Waals surface area contributed by atoms with Crippen molar-refractivity contribution in [1.29, 1.82) is 0 Å². The molecule has 0 saturated carbocycles. The van der Waals surface area contributed by atoms with E-state index in [4.69, 9.17) is 0 Å². The number of carbonyl (C=O) groups is 2. The molecule has 1 N–H and O–H groups in total. The molecule has 2 aliphatic heterocycles. The Bertz CT molecular complexity index is 322. The van der Waals surface area contributed by atoms with E-state index >= 15 is 0 Å². The maximum atomic E-state index is 12.2. The van der Waals surface area contributed by atoms with E-state index in [0.717, 1.165) is 32.4 Å². The molecule has 96 valence electrons. The van der Waals surface area contributed by atoms with Crippen LogP contribution in [0, 0.1) is 0 Å². The van der Waals surface area contributed by atoms with Crippen LogP contribution < -0.4 is 5.32 Å². The van der Waals surface area contributed by atoms with Crippen LogP contribution in [-0.4, -0.2) is 60.4 Å². The van der Waals surface area contributed by atoms with E-state index in [1.165, 1.54) is 0 Å². The summed E-state index contributed by atoms with van der Waals surface area (Å²) in [5.74, 6) is 0.106. The highest BCUT2D eigenvalue weighted by molar-refractivity contribution is 5.98. The molecule has 0 aromatic rings. The minimum absolute atomic E-state index is 0.0404. The Morgan fingerprint density at radius 1 is 1.29 bits per heavy atom. The average molecular weight is 239 g/mol. The Labute approximate surface area is 102 Å². The summed E-state index contributed by atoms with van der Waals surface area (Å²) < 4.78 is 0.